The molecule has 3 nitrogen and oxygen atoms in total. The van der Waals surface area contributed by atoms with E-state index in [4.69, 9.17) is 4.74 Å². The van der Waals surface area contributed by atoms with Gasteiger partial charge in [-0.25, -0.2) is 0 Å². The third kappa shape index (κ3) is 4.40. The minimum atomic E-state index is 0.874. The van der Waals surface area contributed by atoms with Crippen molar-refractivity contribution in [1.29, 1.82) is 0 Å². The first-order valence-electron chi connectivity index (χ1n) is 5.72. The SMILES string of the molecule is CNCCC1CCCN(CCOC)C1. The fourth-order valence-corrected chi connectivity index (χ4v) is 2.16. The third-order valence-corrected chi connectivity index (χ3v) is 3.02. The number of hydrogen-bond acceptors (Lipinski definition) is 3. The first-order valence-corrected chi connectivity index (χ1v) is 5.72. The van der Waals surface area contributed by atoms with Crippen LogP contribution in [0.1, 0.15) is 19.3 Å². The Morgan fingerprint density at radius 2 is 2.36 bits per heavy atom. The molecule has 1 fully saturated rings. The molecule has 1 heterocycles. The molecule has 1 rings (SSSR count). The number of nitrogens with zero attached hydrogens (tertiary/aromatic N) is 1. The van der Waals surface area contributed by atoms with Gasteiger partial charge in [-0.2, -0.15) is 0 Å². The van der Waals surface area contributed by atoms with E-state index in [1.54, 1.807) is 7.11 Å². The van der Waals surface area contributed by atoms with Gasteiger partial charge in [-0.3, -0.25) is 0 Å². The lowest BCUT2D eigenvalue weighted by molar-refractivity contribution is 0.112. The van der Waals surface area contributed by atoms with Crippen LogP contribution in [0.4, 0.5) is 0 Å². The Bertz CT molecular complexity index is 127. The smallest absolute Gasteiger partial charge is 0.0589 e. The highest BCUT2D eigenvalue weighted by Crippen LogP contribution is 2.18. The van der Waals surface area contributed by atoms with Gasteiger partial charge in [-0.15, -0.1) is 0 Å². The van der Waals surface area contributed by atoms with Crippen molar-refractivity contribution in [1.82, 2.24) is 10.2 Å². The van der Waals surface area contributed by atoms with Crippen LogP contribution in [0.5, 0.6) is 0 Å². The second kappa shape index (κ2) is 7.21. The molecule has 0 amide bonds. The van der Waals surface area contributed by atoms with Gasteiger partial charge in [-0.1, -0.05) is 0 Å². The van der Waals surface area contributed by atoms with Gasteiger partial charge in [0.1, 0.15) is 0 Å². The van der Waals surface area contributed by atoms with Crippen LogP contribution in [-0.2, 0) is 4.74 Å². The molecule has 0 aromatic heterocycles. The summed E-state index contributed by atoms with van der Waals surface area (Å²) in [5.41, 5.74) is 0. The number of methoxy groups -OCH3 is 1. The maximum atomic E-state index is 5.11. The van der Waals surface area contributed by atoms with Gasteiger partial charge in [-0.05, 0) is 45.3 Å². The van der Waals surface area contributed by atoms with Crippen LogP contribution in [0, 0.1) is 5.92 Å². The first kappa shape index (κ1) is 12.0. The zero-order valence-electron chi connectivity index (χ0n) is 9.59. The molecule has 0 spiro atoms. The van der Waals surface area contributed by atoms with E-state index in [1.165, 1.54) is 32.4 Å². The second-order valence-corrected chi connectivity index (χ2v) is 4.19. The summed E-state index contributed by atoms with van der Waals surface area (Å²) >= 11 is 0. The van der Waals surface area contributed by atoms with Gasteiger partial charge in [0.05, 0.1) is 6.61 Å². The van der Waals surface area contributed by atoms with Crippen LogP contribution >= 0.6 is 0 Å². The minimum absolute atomic E-state index is 0.874. The maximum Gasteiger partial charge on any atom is 0.0589 e. The molecular weight excluding hydrogens is 176 g/mol. The topological polar surface area (TPSA) is 24.5 Å². The van der Waals surface area contributed by atoms with Crippen molar-refractivity contribution in [2.75, 3.05) is 46.9 Å². The summed E-state index contributed by atoms with van der Waals surface area (Å²) in [5.74, 6) is 0.896. The highest BCUT2D eigenvalue weighted by Gasteiger charge is 2.18. The Hall–Kier alpha value is -0.120. The fraction of sp³-hybridized carbons (Fsp3) is 1.00. The van der Waals surface area contributed by atoms with Crippen LogP contribution in [-0.4, -0.2) is 51.8 Å². The molecule has 1 N–H and O–H groups in total. The molecular formula is C11H24N2O. The average molecular weight is 200 g/mol. The lowest BCUT2D eigenvalue weighted by Crippen LogP contribution is -2.38. The van der Waals surface area contributed by atoms with Crippen LogP contribution in [0.2, 0.25) is 0 Å². The molecule has 0 aliphatic carbocycles. The molecule has 0 radical (unpaired) electrons. The van der Waals surface area contributed by atoms with E-state index in [2.05, 4.69) is 10.2 Å². The largest absolute Gasteiger partial charge is 0.383 e. The van der Waals surface area contributed by atoms with Crippen LogP contribution in [0.25, 0.3) is 0 Å². The zero-order valence-corrected chi connectivity index (χ0v) is 9.59. The van der Waals surface area contributed by atoms with E-state index in [0.717, 1.165) is 25.6 Å². The minimum Gasteiger partial charge on any atom is -0.383 e. The second-order valence-electron chi connectivity index (χ2n) is 4.19. The Morgan fingerprint density at radius 1 is 1.50 bits per heavy atom. The van der Waals surface area contributed by atoms with Crippen LogP contribution < -0.4 is 5.32 Å². The van der Waals surface area contributed by atoms with E-state index in [0.29, 0.717) is 0 Å². The summed E-state index contributed by atoms with van der Waals surface area (Å²) in [7, 11) is 3.81. The summed E-state index contributed by atoms with van der Waals surface area (Å²) in [4.78, 5) is 2.54. The predicted molar refractivity (Wildman–Crippen MR) is 59.6 cm³/mol. The molecule has 84 valence electrons. The molecule has 1 unspecified atom stereocenters. The Balaban J connectivity index is 2.14. The summed E-state index contributed by atoms with van der Waals surface area (Å²) in [6.07, 6.45) is 4.09. The van der Waals surface area contributed by atoms with Gasteiger partial charge in [0.2, 0.25) is 0 Å². The van der Waals surface area contributed by atoms with Gasteiger partial charge < -0.3 is 15.0 Å². The highest BCUT2D eigenvalue weighted by atomic mass is 16.5. The van der Waals surface area contributed by atoms with Crippen LogP contribution in [0.3, 0.4) is 0 Å². The van der Waals surface area contributed by atoms with Crippen molar-refractivity contribution in [3.63, 3.8) is 0 Å². The number of hydrogen-bond donors (Lipinski definition) is 1. The lowest BCUT2D eigenvalue weighted by Gasteiger charge is -2.32. The highest BCUT2D eigenvalue weighted by molar-refractivity contribution is 4.73. The normalized spacial score (nSPS) is 24.0. The van der Waals surface area contributed by atoms with E-state index in [1.807, 2.05) is 7.05 Å². The zero-order chi connectivity index (χ0) is 10.2. The van der Waals surface area contributed by atoms with Crippen molar-refractivity contribution in [2.45, 2.75) is 19.3 Å². The summed E-state index contributed by atoms with van der Waals surface area (Å²) < 4.78 is 5.11. The van der Waals surface area contributed by atoms with E-state index >= 15 is 0 Å². The molecule has 0 aromatic carbocycles. The molecule has 1 aliphatic heterocycles. The summed E-state index contributed by atoms with van der Waals surface area (Å²) in [5, 5.41) is 3.23. The predicted octanol–water partition coefficient (Wildman–Crippen LogP) is 0.954. The molecule has 1 aliphatic rings. The van der Waals surface area contributed by atoms with Crippen molar-refractivity contribution in [3.8, 4) is 0 Å². The number of rotatable bonds is 6. The van der Waals surface area contributed by atoms with E-state index in [9.17, 15) is 0 Å². The van der Waals surface area contributed by atoms with Crippen LogP contribution in [0.15, 0.2) is 0 Å². The van der Waals surface area contributed by atoms with Crippen molar-refractivity contribution in [2.24, 2.45) is 5.92 Å². The molecule has 0 bridgehead atoms. The monoisotopic (exact) mass is 200 g/mol. The van der Waals surface area contributed by atoms with Crippen molar-refractivity contribution in [3.05, 3.63) is 0 Å². The standard InChI is InChI=1S/C11H24N2O/c1-12-6-5-11-4-3-7-13(10-11)8-9-14-2/h11-12H,3-10H2,1-2H3. The van der Waals surface area contributed by atoms with E-state index < -0.39 is 0 Å². The van der Waals surface area contributed by atoms with Gasteiger partial charge >= 0.3 is 0 Å². The Kier molecular flexibility index (Phi) is 6.15. The van der Waals surface area contributed by atoms with Crippen molar-refractivity contribution >= 4 is 0 Å². The Morgan fingerprint density at radius 3 is 3.07 bits per heavy atom. The number of ether oxygens (including phenoxy) is 1. The maximum absolute atomic E-state index is 5.11. The molecule has 14 heavy (non-hydrogen) atoms. The third-order valence-electron chi connectivity index (χ3n) is 3.02. The summed E-state index contributed by atoms with van der Waals surface area (Å²) in [6, 6.07) is 0. The van der Waals surface area contributed by atoms with E-state index in [-0.39, 0.29) is 0 Å². The molecule has 0 aromatic rings. The Labute approximate surface area is 87.8 Å². The molecule has 3 heteroatoms. The van der Waals surface area contributed by atoms with Gasteiger partial charge in [0.15, 0.2) is 0 Å². The lowest BCUT2D eigenvalue weighted by atomic mass is 9.95. The number of nitrogens with one attached hydrogen (secondary N) is 1. The fourth-order valence-electron chi connectivity index (χ4n) is 2.16. The van der Waals surface area contributed by atoms with Gasteiger partial charge in [0.25, 0.3) is 0 Å². The molecule has 1 saturated heterocycles. The van der Waals surface area contributed by atoms with Crippen molar-refractivity contribution < 1.29 is 4.74 Å². The van der Waals surface area contributed by atoms with Gasteiger partial charge in [0, 0.05) is 20.2 Å². The summed E-state index contributed by atoms with van der Waals surface area (Å²) in [6.45, 7) is 5.67. The number of piperidine rings is 1. The molecule has 0 saturated carbocycles. The molecule has 1 atom stereocenters. The number of likely N-dealkylation sites (tertiary alicyclic amines) is 1. The quantitative estimate of drug-likeness (QED) is 0.691. The first-order chi connectivity index (χ1) is 6.86. The average Bonchev–Trinajstić information content (AvgIpc) is 2.24.